The second-order valence-electron chi connectivity index (χ2n) is 4.89. The lowest BCUT2D eigenvalue weighted by Gasteiger charge is -2.36. The summed E-state index contributed by atoms with van der Waals surface area (Å²) in [6, 6.07) is 3.97. The highest BCUT2D eigenvalue weighted by Crippen LogP contribution is 2.25. The average molecular weight is 266 g/mol. The largest absolute Gasteiger partial charge is 0.369 e. The number of nitrogens with two attached hydrogens (primary N) is 1. The Hall–Kier alpha value is -1.36. The van der Waals surface area contributed by atoms with Gasteiger partial charge >= 0.3 is 0 Å². The quantitative estimate of drug-likeness (QED) is 0.887. The maximum atomic E-state index is 12.4. The van der Waals surface area contributed by atoms with Gasteiger partial charge in [0.1, 0.15) is 0 Å². The van der Waals surface area contributed by atoms with Crippen molar-refractivity contribution in [3.8, 4) is 0 Å². The summed E-state index contributed by atoms with van der Waals surface area (Å²) < 4.78 is 0. The molecule has 2 unspecified atom stereocenters. The summed E-state index contributed by atoms with van der Waals surface area (Å²) in [4.78, 5) is 27.3. The molecule has 1 saturated heterocycles. The molecule has 2 rings (SSSR count). The molecule has 0 bridgehead atoms. The van der Waals surface area contributed by atoms with Crippen molar-refractivity contribution in [3.63, 3.8) is 0 Å². The van der Waals surface area contributed by atoms with E-state index in [-0.39, 0.29) is 23.8 Å². The molecular formula is C13H18N2O2S. The fraction of sp³-hybridized carbons (Fsp3) is 0.538. The van der Waals surface area contributed by atoms with Crippen molar-refractivity contribution < 1.29 is 9.59 Å². The number of carbonyl (C=O) groups excluding carboxylic acids is 2. The van der Waals surface area contributed by atoms with Crippen LogP contribution in [0.1, 0.15) is 34.3 Å². The number of aryl methyl sites for hydroxylation is 1. The first-order chi connectivity index (χ1) is 8.49. The summed E-state index contributed by atoms with van der Waals surface area (Å²) >= 11 is 1.49. The maximum absolute atomic E-state index is 12.4. The van der Waals surface area contributed by atoms with Crippen molar-refractivity contribution in [1.29, 1.82) is 0 Å². The van der Waals surface area contributed by atoms with Crippen LogP contribution in [0.15, 0.2) is 12.1 Å². The number of hydrogen-bond donors (Lipinski definition) is 1. The number of amides is 2. The van der Waals surface area contributed by atoms with Crippen LogP contribution in [0.5, 0.6) is 0 Å². The molecule has 2 heterocycles. The third-order valence-corrected chi connectivity index (χ3v) is 4.49. The third kappa shape index (κ3) is 2.56. The van der Waals surface area contributed by atoms with Crippen molar-refractivity contribution in [1.82, 2.24) is 4.90 Å². The highest BCUT2D eigenvalue weighted by molar-refractivity contribution is 7.13. The number of primary amides is 1. The van der Waals surface area contributed by atoms with Crippen LogP contribution in [0, 0.1) is 12.8 Å². The van der Waals surface area contributed by atoms with Crippen LogP contribution in [0.4, 0.5) is 0 Å². The van der Waals surface area contributed by atoms with E-state index < -0.39 is 0 Å². The molecule has 1 aromatic heterocycles. The first-order valence-corrected chi connectivity index (χ1v) is 6.97. The number of piperidine rings is 1. The van der Waals surface area contributed by atoms with Gasteiger partial charge in [0.2, 0.25) is 5.91 Å². The van der Waals surface area contributed by atoms with Crippen LogP contribution in [0.25, 0.3) is 0 Å². The zero-order valence-corrected chi connectivity index (χ0v) is 11.5. The van der Waals surface area contributed by atoms with E-state index in [1.165, 1.54) is 11.3 Å². The molecule has 0 spiro atoms. The Morgan fingerprint density at radius 1 is 1.39 bits per heavy atom. The Kier molecular flexibility index (Phi) is 3.71. The summed E-state index contributed by atoms with van der Waals surface area (Å²) in [6.07, 6.45) is 1.62. The van der Waals surface area contributed by atoms with Crippen molar-refractivity contribution in [2.45, 2.75) is 32.7 Å². The van der Waals surface area contributed by atoms with E-state index in [0.717, 1.165) is 22.6 Å². The minimum atomic E-state index is -0.304. The van der Waals surface area contributed by atoms with Crippen molar-refractivity contribution in [2.75, 3.05) is 6.54 Å². The Morgan fingerprint density at radius 3 is 2.67 bits per heavy atom. The van der Waals surface area contributed by atoms with Gasteiger partial charge in [-0.05, 0) is 38.8 Å². The summed E-state index contributed by atoms with van der Waals surface area (Å²) in [7, 11) is 0. The molecule has 98 valence electrons. The molecule has 1 aliphatic heterocycles. The van der Waals surface area contributed by atoms with Gasteiger partial charge in [-0.2, -0.15) is 0 Å². The third-order valence-electron chi connectivity index (χ3n) is 3.50. The van der Waals surface area contributed by atoms with Crippen LogP contribution in [-0.2, 0) is 4.79 Å². The number of likely N-dealkylation sites (tertiary alicyclic amines) is 1. The van der Waals surface area contributed by atoms with Crippen molar-refractivity contribution in [2.24, 2.45) is 11.7 Å². The molecule has 1 fully saturated rings. The second-order valence-corrected chi connectivity index (χ2v) is 6.18. The monoisotopic (exact) mass is 266 g/mol. The summed E-state index contributed by atoms with van der Waals surface area (Å²) in [5, 5.41) is 0. The second kappa shape index (κ2) is 5.10. The Labute approximate surface area is 111 Å². The van der Waals surface area contributed by atoms with Gasteiger partial charge < -0.3 is 10.6 Å². The summed E-state index contributed by atoms with van der Waals surface area (Å²) in [6.45, 7) is 4.45. The number of hydrogen-bond acceptors (Lipinski definition) is 3. The van der Waals surface area contributed by atoms with E-state index in [1.54, 1.807) is 4.90 Å². The lowest BCUT2D eigenvalue weighted by Crippen LogP contribution is -2.48. The van der Waals surface area contributed by atoms with Gasteiger partial charge in [0.25, 0.3) is 5.91 Å². The Bertz CT molecular complexity index is 469. The van der Waals surface area contributed by atoms with E-state index in [2.05, 4.69) is 0 Å². The number of rotatable bonds is 2. The molecular weight excluding hydrogens is 248 g/mol. The minimum Gasteiger partial charge on any atom is -0.369 e. The molecule has 0 aliphatic carbocycles. The fourth-order valence-corrected chi connectivity index (χ4v) is 3.14. The van der Waals surface area contributed by atoms with Gasteiger partial charge in [0, 0.05) is 17.5 Å². The number of thiophene rings is 1. The lowest BCUT2D eigenvalue weighted by atomic mass is 9.93. The van der Waals surface area contributed by atoms with Crippen molar-refractivity contribution in [3.05, 3.63) is 21.9 Å². The molecule has 4 nitrogen and oxygen atoms in total. The summed E-state index contributed by atoms with van der Waals surface area (Å²) in [5.41, 5.74) is 5.34. The van der Waals surface area contributed by atoms with Gasteiger partial charge in [-0.15, -0.1) is 11.3 Å². The zero-order chi connectivity index (χ0) is 13.3. The molecule has 2 N–H and O–H groups in total. The molecule has 1 aromatic rings. The van der Waals surface area contributed by atoms with Crippen molar-refractivity contribution >= 4 is 23.2 Å². The Morgan fingerprint density at radius 2 is 2.11 bits per heavy atom. The van der Waals surface area contributed by atoms with Crippen LogP contribution in [0.3, 0.4) is 0 Å². The predicted octanol–water partition coefficient (Wildman–Crippen LogP) is 1.78. The van der Waals surface area contributed by atoms with Gasteiger partial charge in [0.15, 0.2) is 0 Å². The SMILES string of the molecule is Cc1ccc(C(=O)N2CC(C(N)=O)CCC2C)s1. The molecule has 5 heteroatoms. The zero-order valence-electron chi connectivity index (χ0n) is 10.7. The fourth-order valence-electron chi connectivity index (χ4n) is 2.31. The van der Waals surface area contributed by atoms with Crippen LogP contribution >= 0.6 is 11.3 Å². The summed E-state index contributed by atoms with van der Waals surface area (Å²) in [5.74, 6) is -0.486. The topological polar surface area (TPSA) is 63.4 Å². The molecule has 18 heavy (non-hydrogen) atoms. The van der Waals surface area contributed by atoms with Crippen LogP contribution < -0.4 is 5.73 Å². The van der Waals surface area contributed by atoms with Gasteiger partial charge in [-0.25, -0.2) is 0 Å². The molecule has 0 aromatic carbocycles. The van der Waals surface area contributed by atoms with Gasteiger partial charge in [-0.3, -0.25) is 9.59 Å². The first-order valence-electron chi connectivity index (χ1n) is 6.15. The average Bonchev–Trinajstić information content (AvgIpc) is 2.75. The standard InChI is InChI=1S/C13H18N2O2S/c1-8-3-5-10(12(14)16)7-15(8)13(17)11-6-4-9(2)18-11/h4,6,8,10H,3,5,7H2,1-2H3,(H2,14,16). The molecule has 0 saturated carbocycles. The smallest absolute Gasteiger partial charge is 0.264 e. The molecule has 0 radical (unpaired) electrons. The van der Waals surface area contributed by atoms with Gasteiger partial charge in [0.05, 0.1) is 10.8 Å². The molecule has 2 atom stereocenters. The minimum absolute atomic E-state index is 0.0200. The number of nitrogens with zero attached hydrogens (tertiary/aromatic N) is 1. The van der Waals surface area contributed by atoms with E-state index in [9.17, 15) is 9.59 Å². The Balaban J connectivity index is 2.15. The van der Waals surface area contributed by atoms with Crippen LogP contribution in [-0.4, -0.2) is 29.3 Å². The van der Waals surface area contributed by atoms with Crippen LogP contribution in [0.2, 0.25) is 0 Å². The van der Waals surface area contributed by atoms with E-state index >= 15 is 0 Å². The highest BCUT2D eigenvalue weighted by Gasteiger charge is 2.32. The highest BCUT2D eigenvalue weighted by atomic mass is 32.1. The van der Waals surface area contributed by atoms with Gasteiger partial charge in [-0.1, -0.05) is 0 Å². The maximum Gasteiger partial charge on any atom is 0.264 e. The van der Waals surface area contributed by atoms with E-state index in [0.29, 0.717) is 6.54 Å². The predicted molar refractivity (Wildman–Crippen MR) is 71.5 cm³/mol. The number of carbonyl (C=O) groups is 2. The lowest BCUT2D eigenvalue weighted by molar-refractivity contribution is -0.123. The normalized spacial score (nSPS) is 24.0. The van der Waals surface area contributed by atoms with E-state index in [1.807, 2.05) is 26.0 Å². The van der Waals surface area contributed by atoms with E-state index in [4.69, 9.17) is 5.73 Å². The molecule has 1 aliphatic rings. The first kappa shape index (κ1) is 13.1. The molecule has 2 amide bonds.